The van der Waals surface area contributed by atoms with E-state index in [0.717, 1.165) is 5.69 Å². The Balaban J connectivity index is 1.65. The highest BCUT2D eigenvalue weighted by Crippen LogP contribution is 2.25. The Kier molecular flexibility index (Phi) is 4.96. The minimum absolute atomic E-state index is 0.192. The van der Waals surface area contributed by atoms with Crippen molar-refractivity contribution in [3.63, 3.8) is 0 Å². The molecule has 10 heteroatoms. The summed E-state index contributed by atoms with van der Waals surface area (Å²) < 4.78 is 8.35. The molecule has 146 valence electrons. The smallest absolute Gasteiger partial charge is 0.278 e. The molecule has 0 aliphatic heterocycles. The van der Waals surface area contributed by atoms with Crippen LogP contribution in [0.25, 0.3) is 11.4 Å². The predicted octanol–water partition coefficient (Wildman–Crippen LogP) is 3.07. The molecule has 0 unspecified atom stereocenters. The van der Waals surface area contributed by atoms with Crippen LogP contribution < -0.4 is 10.1 Å². The molecule has 0 atom stereocenters. The summed E-state index contributed by atoms with van der Waals surface area (Å²) in [5.74, 6) is 0.264. The van der Waals surface area contributed by atoms with Crippen LogP contribution in [0.1, 0.15) is 16.2 Å². The van der Waals surface area contributed by atoms with E-state index in [1.165, 1.54) is 17.3 Å². The summed E-state index contributed by atoms with van der Waals surface area (Å²) in [7, 11) is 1.59. The lowest BCUT2D eigenvalue weighted by Gasteiger charge is -2.11. The Morgan fingerprint density at radius 2 is 2.07 bits per heavy atom. The number of carbonyl (C=O) groups excluding carboxylic acids is 1. The minimum Gasteiger partial charge on any atom is -0.497 e. The van der Waals surface area contributed by atoms with Crippen LogP contribution in [0, 0.1) is 6.92 Å². The van der Waals surface area contributed by atoms with Gasteiger partial charge < -0.3 is 10.1 Å². The molecule has 0 fully saturated rings. The van der Waals surface area contributed by atoms with E-state index in [4.69, 9.17) is 16.3 Å². The molecule has 9 nitrogen and oxygen atoms in total. The van der Waals surface area contributed by atoms with Gasteiger partial charge in [-0.3, -0.25) is 4.79 Å². The van der Waals surface area contributed by atoms with Gasteiger partial charge in [0.15, 0.2) is 5.69 Å². The number of anilines is 1. The van der Waals surface area contributed by atoms with E-state index in [-0.39, 0.29) is 5.69 Å². The summed E-state index contributed by atoms with van der Waals surface area (Å²) in [5.41, 5.74) is 2.61. The summed E-state index contributed by atoms with van der Waals surface area (Å²) in [4.78, 5) is 16.8. The van der Waals surface area contributed by atoms with Crippen molar-refractivity contribution < 1.29 is 9.53 Å². The lowest BCUT2D eigenvalue weighted by molar-refractivity contribution is 0.102. The molecular formula is C19H16ClN7O2. The number of ether oxygens (including phenoxy) is 1. The molecular weight excluding hydrogens is 394 g/mol. The van der Waals surface area contributed by atoms with Gasteiger partial charge in [0.25, 0.3) is 5.91 Å². The number of hydrogen-bond acceptors (Lipinski definition) is 6. The largest absolute Gasteiger partial charge is 0.497 e. The van der Waals surface area contributed by atoms with Crippen LogP contribution in [0.5, 0.6) is 5.75 Å². The van der Waals surface area contributed by atoms with E-state index >= 15 is 0 Å². The zero-order chi connectivity index (χ0) is 20.4. The molecule has 0 aliphatic carbocycles. The average molecular weight is 410 g/mol. The fourth-order valence-corrected chi connectivity index (χ4v) is 3.02. The molecule has 29 heavy (non-hydrogen) atoms. The number of nitrogens with one attached hydrogen (secondary N) is 1. The molecule has 0 saturated heterocycles. The van der Waals surface area contributed by atoms with Crippen molar-refractivity contribution in [2.75, 3.05) is 12.4 Å². The topological polar surface area (TPSA) is 99.8 Å². The highest BCUT2D eigenvalue weighted by molar-refractivity contribution is 6.31. The quantitative estimate of drug-likeness (QED) is 0.543. The maximum absolute atomic E-state index is 12.9. The Hall–Kier alpha value is -3.72. The van der Waals surface area contributed by atoms with Gasteiger partial charge in [0.2, 0.25) is 0 Å². The third kappa shape index (κ3) is 3.67. The normalized spacial score (nSPS) is 10.7. The number of aromatic nitrogens is 6. The van der Waals surface area contributed by atoms with E-state index in [2.05, 4.69) is 25.7 Å². The van der Waals surface area contributed by atoms with E-state index < -0.39 is 5.91 Å². The van der Waals surface area contributed by atoms with Gasteiger partial charge in [-0.05, 0) is 37.3 Å². The van der Waals surface area contributed by atoms with Crippen molar-refractivity contribution in [1.29, 1.82) is 0 Å². The number of amides is 1. The molecule has 1 N–H and O–H groups in total. The fraction of sp³-hybridized carbons (Fsp3) is 0.105. The van der Waals surface area contributed by atoms with Crippen LogP contribution >= 0.6 is 11.6 Å². The number of benzene rings is 2. The number of methoxy groups -OCH3 is 1. The first-order valence-electron chi connectivity index (χ1n) is 8.59. The van der Waals surface area contributed by atoms with Crippen molar-refractivity contribution in [2.24, 2.45) is 0 Å². The van der Waals surface area contributed by atoms with Crippen LogP contribution in [0.15, 0.2) is 55.1 Å². The summed E-state index contributed by atoms with van der Waals surface area (Å²) >= 11 is 6.11. The number of rotatable bonds is 5. The van der Waals surface area contributed by atoms with Gasteiger partial charge in [0, 0.05) is 11.1 Å². The third-order valence-electron chi connectivity index (χ3n) is 4.28. The summed E-state index contributed by atoms with van der Waals surface area (Å²) in [6.07, 6.45) is 2.94. The van der Waals surface area contributed by atoms with Crippen molar-refractivity contribution in [2.45, 2.75) is 6.92 Å². The summed E-state index contributed by atoms with van der Waals surface area (Å²) in [5, 5.41) is 15.6. The zero-order valence-electron chi connectivity index (χ0n) is 15.6. The van der Waals surface area contributed by atoms with Gasteiger partial charge in [-0.2, -0.15) is 5.10 Å². The zero-order valence-corrected chi connectivity index (χ0v) is 16.3. The first-order chi connectivity index (χ1) is 14.1. The second kappa shape index (κ2) is 7.72. The highest BCUT2D eigenvalue weighted by atomic mass is 35.5. The van der Waals surface area contributed by atoms with Gasteiger partial charge in [-0.1, -0.05) is 22.9 Å². The molecule has 0 saturated carbocycles. The molecule has 2 heterocycles. The Morgan fingerprint density at radius 3 is 2.83 bits per heavy atom. The molecule has 2 aromatic carbocycles. The molecule has 4 rings (SSSR count). The maximum Gasteiger partial charge on any atom is 0.278 e. The maximum atomic E-state index is 12.9. The van der Waals surface area contributed by atoms with Crippen LogP contribution in [-0.2, 0) is 0 Å². The number of halogens is 1. The summed E-state index contributed by atoms with van der Waals surface area (Å²) in [6, 6.07) is 12.4. The van der Waals surface area contributed by atoms with Crippen molar-refractivity contribution in [1.82, 2.24) is 29.8 Å². The molecule has 0 bridgehead atoms. The summed E-state index contributed by atoms with van der Waals surface area (Å²) in [6.45, 7) is 1.77. The Bertz CT molecular complexity index is 1170. The number of nitrogens with zero attached hydrogens (tertiary/aromatic N) is 6. The fourth-order valence-electron chi connectivity index (χ4n) is 2.85. The van der Waals surface area contributed by atoms with Gasteiger partial charge >= 0.3 is 0 Å². The standard InChI is InChI=1S/C19H16ClN7O2/c1-12-18(24-25-27(12)14-4-3-5-15(9-14)29-2)19(28)23-16-8-13(20)6-7-17(16)26-11-21-10-22-26/h3-11H,1-2H3,(H,23,28). The van der Waals surface area contributed by atoms with Crippen LogP contribution in [0.2, 0.25) is 5.02 Å². The molecule has 0 radical (unpaired) electrons. The predicted molar refractivity (Wildman–Crippen MR) is 107 cm³/mol. The molecule has 0 spiro atoms. The van der Waals surface area contributed by atoms with Crippen molar-refractivity contribution >= 4 is 23.2 Å². The van der Waals surface area contributed by atoms with Crippen LogP contribution in [0.4, 0.5) is 5.69 Å². The lowest BCUT2D eigenvalue weighted by Crippen LogP contribution is -2.16. The monoisotopic (exact) mass is 409 g/mol. The molecule has 2 aromatic heterocycles. The van der Waals surface area contributed by atoms with Crippen molar-refractivity contribution in [3.05, 3.63) is 71.5 Å². The Labute approximate surface area is 170 Å². The SMILES string of the molecule is COc1cccc(-n2nnc(C(=O)Nc3cc(Cl)ccc3-n3cncn3)c2C)c1. The highest BCUT2D eigenvalue weighted by Gasteiger charge is 2.19. The number of carbonyl (C=O) groups is 1. The second-order valence-electron chi connectivity index (χ2n) is 6.09. The second-order valence-corrected chi connectivity index (χ2v) is 6.53. The molecule has 0 aliphatic rings. The van der Waals surface area contributed by atoms with Gasteiger partial charge in [0.05, 0.1) is 29.9 Å². The minimum atomic E-state index is -0.416. The van der Waals surface area contributed by atoms with Crippen molar-refractivity contribution in [3.8, 4) is 17.1 Å². The first kappa shape index (κ1) is 18.6. The first-order valence-corrected chi connectivity index (χ1v) is 8.97. The van der Waals surface area contributed by atoms with Gasteiger partial charge in [-0.25, -0.2) is 14.3 Å². The van der Waals surface area contributed by atoms with E-state index in [0.29, 0.717) is 27.8 Å². The Morgan fingerprint density at radius 1 is 1.21 bits per heavy atom. The third-order valence-corrected chi connectivity index (χ3v) is 4.52. The van der Waals surface area contributed by atoms with E-state index in [9.17, 15) is 4.79 Å². The molecule has 4 aromatic rings. The van der Waals surface area contributed by atoms with Crippen LogP contribution in [-0.4, -0.2) is 42.8 Å². The number of hydrogen-bond donors (Lipinski definition) is 1. The van der Waals surface area contributed by atoms with Crippen LogP contribution in [0.3, 0.4) is 0 Å². The van der Waals surface area contributed by atoms with Gasteiger partial charge in [-0.15, -0.1) is 5.10 Å². The van der Waals surface area contributed by atoms with E-state index in [1.54, 1.807) is 36.9 Å². The van der Waals surface area contributed by atoms with E-state index in [1.807, 2.05) is 24.3 Å². The molecule has 1 amide bonds. The lowest BCUT2D eigenvalue weighted by atomic mass is 10.2. The van der Waals surface area contributed by atoms with Gasteiger partial charge in [0.1, 0.15) is 18.4 Å². The average Bonchev–Trinajstić information content (AvgIpc) is 3.38.